The largest absolute Gasteiger partial charge is 0.512 e. The van der Waals surface area contributed by atoms with E-state index < -0.39 is 35.4 Å². The van der Waals surface area contributed by atoms with Gasteiger partial charge in [0.1, 0.15) is 11.6 Å². The van der Waals surface area contributed by atoms with E-state index in [0.29, 0.717) is 0 Å². The van der Waals surface area contributed by atoms with Gasteiger partial charge in [-0.2, -0.15) is 0 Å². The molecular formula is C19H28O6. The number of aliphatic hydroxyl groups is 3. The molecule has 2 unspecified atom stereocenters. The van der Waals surface area contributed by atoms with Crippen molar-refractivity contribution in [2.24, 2.45) is 22.7 Å². The molecule has 0 aliphatic heterocycles. The Labute approximate surface area is 147 Å². The maximum atomic E-state index is 12.6. The van der Waals surface area contributed by atoms with Gasteiger partial charge in [0.15, 0.2) is 5.78 Å². The molecule has 0 bridgehead atoms. The lowest BCUT2D eigenvalue weighted by Crippen LogP contribution is -2.48. The maximum Gasteiger partial charge on any atom is 0.163 e. The zero-order valence-electron chi connectivity index (χ0n) is 15.3. The van der Waals surface area contributed by atoms with Crippen LogP contribution in [0.3, 0.4) is 0 Å². The molecule has 3 N–H and O–H groups in total. The van der Waals surface area contributed by atoms with Crippen LogP contribution in [0.5, 0.6) is 0 Å². The van der Waals surface area contributed by atoms with Crippen LogP contribution < -0.4 is 0 Å². The number of hydrogen-bond donors (Lipinski definition) is 3. The molecule has 6 nitrogen and oxygen atoms in total. The van der Waals surface area contributed by atoms with E-state index in [0.717, 1.165) is 0 Å². The molecule has 140 valence electrons. The molecule has 0 spiro atoms. The van der Waals surface area contributed by atoms with Crippen molar-refractivity contribution in [3.05, 3.63) is 11.3 Å². The van der Waals surface area contributed by atoms with Crippen molar-refractivity contribution in [2.75, 3.05) is 6.61 Å². The molecule has 25 heavy (non-hydrogen) atoms. The minimum atomic E-state index is -1.46. The number of allylic oxidation sites excluding steroid dienone is 1. The molecule has 2 aliphatic carbocycles. The van der Waals surface area contributed by atoms with Crippen LogP contribution in [-0.4, -0.2) is 45.4 Å². The average Bonchev–Trinajstić information content (AvgIpc) is 2.40. The molecule has 1 saturated carbocycles. The predicted molar refractivity (Wildman–Crippen MR) is 90.8 cm³/mol. The van der Waals surface area contributed by atoms with Gasteiger partial charge in [-0.3, -0.25) is 14.4 Å². The van der Waals surface area contributed by atoms with E-state index in [1.165, 1.54) is 0 Å². The molecule has 6 heteroatoms. The third-order valence-electron chi connectivity index (χ3n) is 5.19. The fraction of sp³-hybridized carbons (Fsp3) is 0.737. The van der Waals surface area contributed by atoms with Crippen LogP contribution in [0.25, 0.3) is 0 Å². The van der Waals surface area contributed by atoms with Crippen molar-refractivity contribution in [3.8, 4) is 0 Å². The quantitative estimate of drug-likeness (QED) is 0.664. The Morgan fingerprint density at radius 3 is 1.88 bits per heavy atom. The summed E-state index contributed by atoms with van der Waals surface area (Å²) in [6.45, 7) is 6.63. The van der Waals surface area contributed by atoms with E-state index >= 15 is 0 Å². The Balaban J connectivity index is 2.49. The lowest BCUT2D eigenvalue weighted by Gasteiger charge is -2.40. The van der Waals surface area contributed by atoms with Crippen molar-refractivity contribution >= 4 is 17.3 Å². The van der Waals surface area contributed by atoms with Gasteiger partial charge in [-0.05, 0) is 10.8 Å². The van der Waals surface area contributed by atoms with Gasteiger partial charge in [-0.25, -0.2) is 0 Å². The Bertz CT molecular complexity index is 608. The van der Waals surface area contributed by atoms with Crippen LogP contribution in [-0.2, 0) is 14.4 Å². The molecule has 0 aromatic carbocycles. The van der Waals surface area contributed by atoms with Gasteiger partial charge in [0, 0.05) is 37.2 Å². The molecule has 0 amide bonds. The molecule has 2 rings (SSSR count). The van der Waals surface area contributed by atoms with E-state index in [-0.39, 0.29) is 54.4 Å². The van der Waals surface area contributed by atoms with Crippen molar-refractivity contribution in [3.63, 3.8) is 0 Å². The van der Waals surface area contributed by atoms with Crippen molar-refractivity contribution in [2.45, 2.75) is 59.5 Å². The smallest absolute Gasteiger partial charge is 0.163 e. The molecule has 0 heterocycles. The monoisotopic (exact) mass is 352 g/mol. The predicted octanol–water partition coefficient (Wildman–Crippen LogP) is 1.73. The Hall–Kier alpha value is -1.53. The van der Waals surface area contributed by atoms with E-state index in [1.54, 1.807) is 0 Å². The highest BCUT2D eigenvalue weighted by Gasteiger charge is 2.50. The summed E-state index contributed by atoms with van der Waals surface area (Å²) < 4.78 is 0. The minimum Gasteiger partial charge on any atom is -0.512 e. The van der Waals surface area contributed by atoms with E-state index in [4.69, 9.17) is 0 Å². The topological polar surface area (TPSA) is 112 Å². The third kappa shape index (κ3) is 4.01. The average molecular weight is 352 g/mol. The van der Waals surface area contributed by atoms with Gasteiger partial charge in [-0.1, -0.05) is 27.7 Å². The molecule has 0 radical (unpaired) electrons. The lowest BCUT2D eigenvalue weighted by atomic mass is 9.63. The number of hydrogen-bond acceptors (Lipinski definition) is 6. The highest BCUT2D eigenvalue weighted by Crippen LogP contribution is 2.44. The first-order valence-corrected chi connectivity index (χ1v) is 8.68. The zero-order valence-corrected chi connectivity index (χ0v) is 15.3. The Morgan fingerprint density at radius 2 is 1.44 bits per heavy atom. The Kier molecular flexibility index (Phi) is 5.26. The minimum absolute atomic E-state index is 0.0627. The third-order valence-corrected chi connectivity index (χ3v) is 5.19. The Morgan fingerprint density at radius 1 is 0.960 bits per heavy atom. The molecule has 1 fully saturated rings. The van der Waals surface area contributed by atoms with Gasteiger partial charge < -0.3 is 15.3 Å². The lowest BCUT2D eigenvalue weighted by molar-refractivity contribution is -0.144. The first-order chi connectivity index (χ1) is 11.4. The van der Waals surface area contributed by atoms with Gasteiger partial charge >= 0.3 is 0 Å². The molecule has 0 aromatic rings. The summed E-state index contributed by atoms with van der Waals surface area (Å²) >= 11 is 0. The highest BCUT2D eigenvalue weighted by molar-refractivity contribution is 6.08. The molecule has 2 aliphatic rings. The maximum absolute atomic E-state index is 12.6. The summed E-state index contributed by atoms with van der Waals surface area (Å²) in [5.41, 5.74) is -0.955. The van der Waals surface area contributed by atoms with Crippen molar-refractivity contribution in [1.82, 2.24) is 0 Å². The second-order valence-electron chi connectivity index (χ2n) is 9.01. The van der Waals surface area contributed by atoms with Crippen LogP contribution >= 0.6 is 0 Å². The first kappa shape index (κ1) is 19.8. The van der Waals surface area contributed by atoms with Crippen LogP contribution in [0, 0.1) is 22.7 Å². The van der Waals surface area contributed by atoms with Crippen LogP contribution in [0.15, 0.2) is 11.3 Å². The first-order valence-electron chi connectivity index (χ1n) is 8.68. The number of carbonyl (C=O) groups is 3. The molecule has 0 aromatic heterocycles. The normalized spacial score (nSPS) is 26.7. The summed E-state index contributed by atoms with van der Waals surface area (Å²) in [6.07, 6.45) is -0.760. The summed E-state index contributed by atoms with van der Waals surface area (Å²) in [7, 11) is 0. The number of carbonyl (C=O) groups excluding carboxylic acids is 3. The number of ketones is 3. The number of Topliss-reactive ketones (excluding diaryl/α,β-unsaturated/α-hetero) is 3. The summed E-state index contributed by atoms with van der Waals surface area (Å²) in [4.78, 5) is 37.9. The van der Waals surface area contributed by atoms with E-state index in [2.05, 4.69) is 0 Å². The molecule has 2 atom stereocenters. The van der Waals surface area contributed by atoms with Crippen molar-refractivity contribution < 1.29 is 29.7 Å². The van der Waals surface area contributed by atoms with Crippen LogP contribution in [0.1, 0.15) is 53.4 Å². The highest BCUT2D eigenvalue weighted by atomic mass is 16.3. The standard InChI is InChI=1S/C19H28O6/c1-18(2)5-10(21)15(11(22)6-18)17(14(25)9-20)16-12(23)7-19(3,4)8-13(16)24/h14-15,17,20,23,25H,5-9H2,1-4H3. The number of aliphatic hydroxyl groups excluding tert-OH is 3. The summed E-state index contributed by atoms with van der Waals surface area (Å²) in [6, 6.07) is 0. The van der Waals surface area contributed by atoms with E-state index in [9.17, 15) is 29.7 Å². The fourth-order valence-corrected chi connectivity index (χ4v) is 4.18. The van der Waals surface area contributed by atoms with Crippen LogP contribution in [0.2, 0.25) is 0 Å². The summed E-state index contributed by atoms with van der Waals surface area (Å²) in [5.74, 6) is -3.66. The van der Waals surface area contributed by atoms with E-state index in [1.807, 2.05) is 27.7 Å². The molecule has 0 saturated heterocycles. The van der Waals surface area contributed by atoms with Crippen LogP contribution in [0.4, 0.5) is 0 Å². The van der Waals surface area contributed by atoms with Crippen molar-refractivity contribution in [1.29, 1.82) is 0 Å². The van der Waals surface area contributed by atoms with Gasteiger partial charge in [-0.15, -0.1) is 0 Å². The second kappa shape index (κ2) is 6.65. The van der Waals surface area contributed by atoms with Gasteiger partial charge in [0.2, 0.25) is 0 Å². The SMILES string of the molecule is CC1(C)CC(=O)C(C(C2=C(O)CC(C)(C)CC2=O)C(O)CO)C(=O)C1. The zero-order chi connectivity index (χ0) is 19.2. The number of rotatable bonds is 4. The van der Waals surface area contributed by atoms with Gasteiger partial charge in [0.25, 0.3) is 0 Å². The summed E-state index contributed by atoms with van der Waals surface area (Å²) in [5, 5.41) is 30.2. The fourth-order valence-electron chi connectivity index (χ4n) is 4.18. The van der Waals surface area contributed by atoms with Gasteiger partial charge in [0.05, 0.1) is 24.4 Å². The molecular weight excluding hydrogens is 324 g/mol. The second-order valence-corrected chi connectivity index (χ2v) is 9.01.